The lowest BCUT2D eigenvalue weighted by molar-refractivity contribution is -0.192. The minimum atomic E-state index is -5.08. The number of anilines is 1. The van der Waals surface area contributed by atoms with Gasteiger partial charge in [-0.2, -0.15) is 13.2 Å². The maximum atomic E-state index is 10.6. The quantitative estimate of drug-likeness (QED) is 0.811. The third-order valence-electron chi connectivity index (χ3n) is 3.10. The second-order valence-corrected chi connectivity index (χ2v) is 5.09. The van der Waals surface area contributed by atoms with Crippen LogP contribution in [0.5, 0.6) is 0 Å². The highest BCUT2D eigenvalue weighted by Gasteiger charge is 2.38. The van der Waals surface area contributed by atoms with E-state index in [0.717, 1.165) is 18.9 Å². The average molecular weight is 325 g/mol. The first-order chi connectivity index (χ1) is 9.75. The number of piperazine rings is 1. The molecule has 4 heterocycles. The summed E-state index contributed by atoms with van der Waals surface area (Å²) in [5, 5.41) is 11.1. The van der Waals surface area contributed by atoms with Gasteiger partial charge < -0.3 is 15.3 Å². The van der Waals surface area contributed by atoms with Gasteiger partial charge in [-0.25, -0.2) is 14.8 Å². The van der Waals surface area contributed by atoms with E-state index in [4.69, 9.17) is 21.5 Å². The fourth-order valence-electron chi connectivity index (χ4n) is 2.17. The fraction of sp³-hybridized carbons (Fsp3) is 0.545. The summed E-state index contributed by atoms with van der Waals surface area (Å²) in [6.45, 7) is 2.07. The van der Waals surface area contributed by atoms with E-state index in [0.29, 0.717) is 17.2 Å². The summed E-state index contributed by atoms with van der Waals surface area (Å²) >= 11 is 5.68. The predicted octanol–water partition coefficient (Wildman–Crippen LogP) is 1.31. The zero-order valence-corrected chi connectivity index (χ0v) is 11.4. The van der Waals surface area contributed by atoms with Crippen LogP contribution in [0.3, 0.4) is 0 Å². The highest BCUT2D eigenvalue weighted by molar-refractivity contribution is 6.29. The number of rotatable bonds is 1. The molecule has 3 saturated heterocycles. The monoisotopic (exact) mass is 324 g/mol. The number of nitrogens with zero attached hydrogens (tertiary/aromatic N) is 3. The number of alkyl halides is 3. The number of hydrogen-bond donors (Lipinski definition) is 2. The number of piperidine rings is 1. The Bertz CT molecular complexity index is 495. The van der Waals surface area contributed by atoms with Crippen LogP contribution >= 0.6 is 11.6 Å². The molecule has 0 amide bonds. The largest absolute Gasteiger partial charge is 0.490 e. The lowest BCUT2D eigenvalue weighted by Gasteiger charge is -2.48. The number of aliphatic carboxylic acids is 1. The second-order valence-electron chi connectivity index (χ2n) is 4.70. The fourth-order valence-corrected chi connectivity index (χ4v) is 2.27. The molecule has 1 aromatic heterocycles. The molecular weight excluding hydrogens is 313 g/mol. The summed E-state index contributed by atoms with van der Waals surface area (Å²) < 4.78 is 31.7. The topological polar surface area (TPSA) is 78.4 Å². The summed E-state index contributed by atoms with van der Waals surface area (Å²) in [5.41, 5.74) is 0. The third-order valence-corrected chi connectivity index (χ3v) is 3.29. The molecule has 0 saturated carbocycles. The molecule has 0 aromatic carbocycles. The zero-order valence-electron chi connectivity index (χ0n) is 10.6. The molecule has 6 nitrogen and oxygen atoms in total. The van der Waals surface area contributed by atoms with Gasteiger partial charge in [-0.05, 0) is 6.42 Å². The maximum Gasteiger partial charge on any atom is 0.490 e. The Morgan fingerprint density at radius 2 is 1.86 bits per heavy atom. The van der Waals surface area contributed by atoms with Gasteiger partial charge in [0.25, 0.3) is 0 Å². The van der Waals surface area contributed by atoms with E-state index in [1.54, 1.807) is 12.4 Å². The van der Waals surface area contributed by atoms with E-state index in [2.05, 4.69) is 20.2 Å². The molecule has 3 fully saturated rings. The van der Waals surface area contributed by atoms with Crippen LogP contribution in [0, 0.1) is 0 Å². The van der Waals surface area contributed by atoms with E-state index in [1.165, 1.54) is 6.42 Å². The van der Waals surface area contributed by atoms with Crippen molar-refractivity contribution in [2.75, 3.05) is 18.0 Å². The molecule has 2 atom stereocenters. The molecule has 1 aromatic rings. The van der Waals surface area contributed by atoms with Gasteiger partial charge >= 0.3 is 12.1 Å². The molecule has 4 rings (SSSR count). The summed E-state index contributed by atoms with van der Waals surface area (Å²) in [4.78, 5) is 19.5. The van der Waals surface area contributed by atoms with Crippen molar-refractivity contribution < 1.29 is 23.1 Å². The van der Waals surface area contributed by atoms with Crippen molar-refractivity contribution in [1.29, 1.82) is 0 Å². The van der Waals surface area contributed by atoms with E-state index in [-0.39, 0.29) is 0 Å². The van der Waals surface area contributed by atoms with Crippen molar-refractivity contribution in [3.05, 3.63) is 17.5 Å². The molecular formula is C11H12ClF3N4O2. The van der Waals surface area contributed by atoms with Crippen LogP contribution in [0.4, 0.5) is 19.0 Å². The molecule has 2 bridgehead atoms. The van der Waals surface area contributed by atoms with Gasteiger partial charge in [0.05, 0.1) is 12.4 Å². The van der Waals surface area contributed by atoms with Crippen molar-refractivity contribution in [2.45, 2.75) is 24.7 Å². The number of hydrogen-bond acceptors (Lipinski definition) is 5. The van der Waals surface area contributed by atoms with Crippen LogP contribution < -0.4 is 10.2 Å². The molecule has 3 aliphatic heterocycles. The van der Waals surface area contributed by atoms with Crippen LogP contribution in [0.2, 0.25) is 5.15 Å². The van der Waals surface area contributed by atoms with Crippen molar-refractivity contribution in [3.8, 4) is 0 Å². The number of carbonyl (C=O) groups is 1. The Morgan fingerprint density at radius 1 is 1.33 bits per heavy atom. The first-order valence-electron chi connectivity index (χ1n) is 6.04. The standard InChI is InChI=1S/C9H11ClN4.C2HF3O2/c10-8-2-12-9(3-11-8)14-4-6-1-7(5-14)13-6;3-2(4,5)1(6)7/h2-3,6-7,13H,1,4-5H2;(H,6,7). The normalized spacial score (nSPS) is 23.7. The second kappa shape index (κ2) is 6.02. The number of halogens is 4. The van der Waals surface area contributed by atoms with Crippen LogP contribution in [0.25, 0.3) is 0 Å². The molecule has 21 heavy (non-hydrogen) atoms. The van der Waals surface area contributed by atoms with E-state index in [1.807, 2.05) is 0 Å². The van der Waals surface area contributed by atoms with Crippen LogP contribution in [-0.2, 0) is 4.79 Å². The Kier molecular flexibility index (Phi) is 4.52. The minimum absolute atomic E-state index is 0.453. The molecule has 2 unspecified atom stereocenters. The average Bonchev–Trinajstić information content (AvgIpc) is 2.38. The molecule has 2 N–H and O–H groups in total. The zero-order chi connectivity index (χ0) is 15.6. The third kappa shape index (κ3) is 4.18. The first-order valence-corrected chi connectivity index (χ1v) is 6.42. The van der Waals surface area contributed by atoms with Gasteiger partial charge in [0.15, 0.2) is 0 Å². The Balaban J connectivity index is 0.000000199. The van der Waals surface area contributed by atoms with Gasteiger partial charge in [-0.1, -0.05) is 11.6 Å². The molecule has 3 aliphatic rings. The van der Waals surface area contributed by atoms with E-state index >= 15 is 0 Å². The van der Waals surface area contributed by atoms with Gasteiger partial charge in [-0.15, -0.1) is 0 Å². The van der Waals surface area contributed by atoms with Gasteiger partial charge in [0, 0.05) is 25.2 Å². The Hall–Kier alpha value is -1.61. The minimum Gasteiger partial charge on any atom is -0.475 e. The predicted molar refractivity (Wildman–Crippen MR) is 68.3 cm³/mol. The Morgan fingerprint density at radius 3 is 2.24 bits per heavy atom. The number of carboxylic acids is 1. The summed E-state index contributed by atoms with van der Waals surface area (Å²) in [6.07, 6.45) is -0.435. The summed E-state index contributed by atoms with van der Waals surface area (Å²) in [6, 6.07) is 1.29. The number of aromatic nitrogens is 2. The van der Waals surface area contributed by atoms with Gasteiger partial charge in [0.1, 0.15) is 11.0 Å². The van der Waals surface area contributed by atoms with Crippen molar-refractivity contribution >= 4 is 23.4 Å². The molecule has 10 heteroatoms. The highest BCUT2D eigenvalue weighted by Crippen LogP contribution is 2.24. The van der Waals surface area contributed by atoms with Gasteiger partial charge in [0.2, 0.25) is 0 Å². The lowest BCUT2D eigenvalue weighted by atomic mass is 9.91. The molecule has 0 radical (unpaired) electrons. The number of fused-ring (bicyclic) bond motifs is 2. The van der Waals surface area contributed by atoms with Crippen LogP contribution in [0.15, 0.2) is 12.4 Å². The molecule has 0 spiro atoms. The number of nitrogens with one attached hydrogen (secondary N) is 1. The van der Waals surface area contributed by atoms with Crippen molar-refractivity contribution in [1.82, 2.24) is 15.3 Å². The SMILES string of the molecule is Clc1cnc(N2CC3CC(C2)N3)cn1.O=C(O)C(F)(F)F. The van der Waals surface area contributed by atoms with E-state index < -0.39 is 12.1 Å². The van der Waals surface area contributed by atoms with E-state index in [9.17, 15) is 13.2 Å². The van der Waals surface area contributed by atoms with Crippen LogP contribution in [-0.4, -0.2) is 52.4 Å². The smallest absolute Gasteiger partial charge is 0.475 e. The van der Waals surface area contributed by atoms with Crippen molar-refractivity contribution in [2.24, 2.45) is 0 Å². The molecule has 116 valence electrons. The maximum absolute atomic E-state index is 10.6. The first kappa shape index (κ1) is 15.8. The lowest BCUT2D eigenvalue weighted by Crippen LogP contribution is -2.67. The van der Waals surface area contributed by atoms with Gasteiger partial charge in [-0.3, -0.25) is 0 Å². The Labute approximate surface area is 122 Å². The summed E-state index contributed by atoms with van der Waals surface area (Å²) in [5.74, 6) is -1.82. The van der Waals surface area contributed by atoms with Crippen LogP contribution in [0.1, 0.15) is 6.42 Å². The highest BCUT2D eigenvalue weighted by atomic mass is 35.5. The van der Waals surface area contributed by atoms with Crippen molar-refractivity contribution in [3.63, 3.8) is 0 Å². The summed E-state index contributed by atoms with van der Waals surface area (Å²) in [7, 11) is 0. The number of carboxylic acid groups (broad SMARTS) is 1. The molecule has 0 aliphatic carbocycles.